The molecule has 3 heterocycles. The Hall–Kier alpha value is -3.46. The second-order valence-corrected chi connectivity index (χ2v) is 24.0. The fourth-order valence-corrected chi connectivity index (χ4v) is 21.2. The highest BCUT2D eigenvalue weighted by molar-refractivity contribution is 7.00. The van der Waals surface area contributed by atoms with Gasteiger partial charge in [-0.1, -0.05) is 49.4 Å². The Bertz CT molecular complexity index is 2540. The highest BCUT2D eigenvalue weighted by Crippen LogP contribution is 2.92. The zero-order valence-corrected chi connectivity index (χ0v) is 34.5. The van der Waals surface area contributed by atoms with Crippen LogP contribution in [0.2, 0.25) is 0 Å². The van der Waals surface area contributed by atoms with Gasteiger partial charge in [0.15, 0.2) is 0 Å². The van der Waals surface area contributed by atoms with Crippen LogP contribution in [-0.2, 0) is 22.7 Å². The Morgan fingerprint density at radius 2 is 1.43 bits per heavy atom. The Kier molecular flexibility index (Phi) is 5.25. The van der Waals surface area contributed by atoms with Crippen molar-refractivity contribution in [3.8, 4) is 0 Å². The maximum atomic E-state index is 2.94. The van der Waals surface area contributed by atoms with Gasteiger partial charge in [-0.15, -0.1) is 0 Å². The van der Waals surface area contributed by atoms with Crippen LogP contribution in [0.3, 0.4) is 0 Å². The third kappa shape index (κ3) is 3.15. The zero-order valence-electron chi connectivity index (χ0n) is 34.5. The molecule has 4 aromatic carbocycles. The lowest BCUT2D eigenvalue weighted by molar-refractivity contribution is -0.395. The third-order valence-corrected chi connectivity index (χ3v) is 22.4. The van der Waals surface area contributed by atoms with E-state index >= 15 is 0 Å². The summed E-state index contributed by atoms with van der Waals surface area (Å²) in [5.74, 6) is 9.73. The summed E-state index contributed by atoms with van der Waals surface area (Å²) in [7, 11) is 0. The van der Waals surface area contributed by atoms with Crippen molar-refractivity contribution in [1.82, 2.24) is 0 Å². The summed E-state index contributed by atoms with van der Waals surface area (Å²) in [5.41, 5.74) is 21.4. The number of hydrogen-bond donors (Lipinski definition) is 0. The van der Waals surface area contributed by atoms with E-state index in [1.807, 2.05) is 0 Å². The van der Waals surface area contributed by atoms with Crippen LogP contribution in [0.15, 0.2) is 72.8 Å². The van der Waals surface area contributed by atoms with Crippen LogP contribution in [0.4, 0.5) is 28.4 Å². The molecule has 0 aromatic heterocycles. The number of benzene rings is 4. The molecule has 11 aliphatic carbocycles. The fraction of sp³-hybridized carbons (Fsp3) is 0.564. The first-order valence-corrected chi connectivity index (χ1v) is 24.6. The highest BCUT2D eigenvalue weighted by atomic mass is 15.2. The monoisotopic (exact) mass is 756 g/mol. The Labute approximate surface area is 345 Å². The van der Waals surface area contributed by atoms with Crippen LogP contribution in [0.25, 0.3) is 0 Å². The number of para-hydroxylation sites is 1. The standard InChI is InChI=1S/C55H57BN2/c1-30-14-32-17-35-27-53(23-30,49(32)35)37-21-47-50-48(22-37)58(41-6-3-2-4-7-41)46-20-36(54-28-39-18-38-19-40(29-54)55(38,39)54)9-11-44(46)56(50)45-12-10-43(42-8-5-13-57(47)51(42)45)52-24-31-15-33(25-52)34(16-31)26-52/h2-4,6-7,9-12,20-22,30-35,38-40,49H,5,8,13-19,23-29H2,1H3. The number of hydrogen-bond acceptors (Lipinski definition) is 2. The van der Waals surface area contributed by atoms with E-state index in [1.54, 1.807) is 50.0 Å². The molecule has 9 unspecified atom stereocenters. The summed E-state index contributed by atoms with van der Waals surface area (Å²) in [6, 6.07) is 31.0. The molecule has 3 aliphatic heterocycles. The zero-order chi connectivity index (χ0) is 37.2. The quantitative estimate of drug-likeness (QED) is 0.169. The first-order valence-electron chi connectivity index (χ1n) is 24.6. The molecule has 11 saturated carbocycles. The first-order chi connectivity index (χ1) is 28.5. The summed E-state index contributed by atoms with van der Waals surface area (Å²) in [4.78, 5) is 5.75. The predicted molar refractivity (Wildman–Crippen MR) is 236 cm³/mol. The maximum absolute atomic E-state index is 2.94. The van der Waals surface area contributed by atoms with Crippen LogP contribution >= 0.6 is 0 Å². The summed E-state index contributed by atoms with van der Waals surface area (Å²) < 4.78 is 0. The number of rotatable bonds is 4. The third-order valence-electron chi connectivity index (χ3n) is 22.4. The second kappa shape index (κ2) is 9.69. The Balaban J connectivity index is 0.924. The fourth-order valence-electron chi connectivity index (χ4n) is 21.2. The predicted octanol–water partition coefficient (Wildman–Crippen LogP) is 10.5. The van der Waals surface area contributed by atoms with E-state index in [2.05, 4.69) is 89.5 Å². The molecular weight excluding hydrogens is 699 g/mol. The normalized spacial score (nSPS) is 45.8. The number of fused-ring (bicyclic) bond motifs is 4. The van der Waals surface area contributed by atoms with Gasteiger partial charge < -0.3 is 9.80 Å². The highest BCUT2D eigenvalue weighted by Gasteiger charge is 2.87. The smallest absolute Gasteiger partial charge is 0.252 e. The molecule has 14 aliphatic rings. The van der Waals surface area contributed by atoms with E-state index < -0.39 is 0 Å². The van der Waals surface area contributed by atoms with E-state index in [1.165, 1.54) is 113 Å². The van der Waals surface area contributed by atoms with Gasteiger partial charge in [-0.05, 0) is 241 Å². The van der Waals surface area contributed by atoms with Crippen molar-refractivity contribution in [3.05, 3.63) is 95.1 Å². The average Bonchev–Trinajstić information content (AvgIpc) is 3.61. The molecule has 18 rings (SSSR count). The Morgan fingerprint density at radius 3 is 2.21 bits per heavy atom. The summed E-state index contributed by atoms with van der Waals surface area (Å²) in [6.45, 7) is 4.05. The molecular formula is C55H57BN2. The van der Waals surface area contributed by atoms with Crippen molar-refractivity contribution in [2.24, 2.45) is 64.6 Å². The molecule has 0 radical (unpaired) electrons. The molecule has 2 nitrogen and oxygen atoms in total. The van der Waals surface area contributed by atoms with Crippen molar-refractivity contribution < 1.29 is 0 Å². The number of nitrogens with zero attached hydrogens (tertiary/aromatic N) is 2. The van der Waals surface area contributed by atoms with Gasteiger partial charge >= 0.3 is 0 Å². The van der Waals surface area contributed by atoms with Crippen LogP contribution in [0.1, 0.15) is 119 Å². The van der Waals surface area contributed by atoms with Gasteiger partial charge in [0, 0.05) is 40.4 Å². The van der Waals surface area contributed by atoms with Gasteiger partial charge in [-0.25, -0.2) is 0 Å². The lowest BCUT2D eigenvalue weighted by Gasteiger charge is -2.91. The van der Waals surface area contributed by atoms with Gasteiger partial charge in [0.25, 0.3) is 6.71 Å². The lowest BCUT2D eigenvalue weighted by atomic mass is 9.12. The molecule has 0 N–H and O–H groups in total. The van der Waals surface area contributed by atoms with E-state index in [-0.39, 0.29) is 0 Å². The van der Waals surface area contributed by atoms with E-state index in [4.69, 9.17) is 0 Å². The van der Waals surface area contributed by atoms with Gasteiger partial charge in [-0.3, -0.25) is 0 Å². The molecule has 4 aromatic rings. The van der Waals surface area contributed by atoms with Crippen molar-refractivity contribution in [1.29, 1.82) is 0 Å². The van der Waals surface area contributed by atoms with Crippen LogP contribution in [0.5, 0.6) is 0 Å². The number of anilines is 5. The summed E-state index contributed by atoms with van der Waals surface area (Å²) >= 11 is 0. The molecule has 0 saturated heterocycles. The molecule has 4 bridgehead atoms. The van der Waals surface area contributed by atoms with Crippen LogP contribution in [0, 0.1) is 64.6 Å². The summed E-state index contributed by atoms with van der Waals surface area (Å²) in [5, 5.41) is 0. The largest absolute Gasteiger partial charge is 0.342 e. The van der Waals surface area contributed by atoms with Crippen molar-refractivity contribution in [3.63, 3.8) is 0 Å². The van der Waals surface area contributed by atoms with Crippen LogP contribution in [-0.4, -0.2) is 13.3 Å². The molecule has 1 spiro atoms. The Morgan fingerprint density at radius 1 is 0.638 bits per heavy atom. The maximum Gasteiger partial charge on any atom is 0.252 e. The van der Waals surface area contributed by atoms with Crippen molar-refractivity contribution in [2.45, 2.75) is 119 Å². The average molecular weight is 757 g/mol. The van der Waals surface area contributed by atoms with Gasteiger partial charge in [0.1, 0.15) is 0 Å². The second-order valence-electron chi connectivity index (χ2n) is 24.0. The van der Waals surface area contributed by atoms with E-state index in [0.717, 1.165) is 65.7 Å². The van der Waals surface area contributed by atoms with Crippen molar-refractivity contribution in [2.75, 3.05) is 16.3 Å². The molecule has 58 heavy (non-hydrogen) atoms. The van der Waals surface area contributed by atoms with Gasteiger partial charge in [0.05, 0.1) is 0 Å². The van der Waals surface area contributed by atoms with Crippen LogP contribution < -0.4 is 26.2 Å². The molecule has 3 heteroatoms. The van der Waals surface area contributed by atoms with E-state index in [0.29, 0.717) is 28.4 Å². The summed E-state index contributed by atoms with van der Waals surface area (Å²) in [6.07, 6.45) is 21.8. The topological polar surface area (TPSA) is 6.48 Å². The van der Waals surface area contributed by atoms with Gasteiger partial charge in [0.2, 0.25) is 0 Å². The molecule has 11 fully saturated rings. The molecule has 0 amide bonds. The minimum Gasteiger partial charge on any atom is -0.342 e. The molecule has 9 atom stereocenters. The lowest BCUT2D eigenvalue weighted by Crippen LogP contribution is -2.87. The van der Waals surface area contributed by atoms with E-state index in [9.17, 15) is 0 Å². The minimum absolute atomic E-state index is 0.293. The van der Waals surface area contributed by atoms with Gasteiger partial charge in [-0.2, -0.15) is 0 Å². The first kappa shape index (κ1) is 31.4. The SMILES string of the molecule is CC1CC2CC3CC(c4cc5c6c(c4)N(c4ccccc4)c4cc(C78CC9CC%10CC(C7)C%1098)ccc4B6c4ccc(C67CC8CC(C6)C(C8)C7)c6c4N5CCC6)(C1)C23. The minimum atomic E-state index is 0.293. The molecule has 290 valence electrons. The van der Waals surface area contributed by atoms with Crippen molar-refractivity contribution >= 4 is 51.5 Å².